The Morgan fingerprint density at radius 2 is 2.00 bits per heavy atom. The summed E-state index contributed by atoms with van der Waals surface area (Å²) in [6.07, 6.45) is 7.70. The number of imidazole rings is 1. The fourth-order valence-corrected chi connectivity index (χ4v) is 3.45. The molecule has 0 spiro atoms. The van der Waals surface area contributed by atoms with Gasteiger partial charge < -0.3 is 14.0 Å². The first kappa shape index (κ1) is 15.8. The number of fused-ring (bicyclic) bond motifs is 1. The molecule has 0 saturated carbocycles. The Balaban J connectivity index is 1.41. The zero-order chi connectivity index (χ0) is 17.1. The van der Waals surface area contributed by atoms with Crippen molar-refractivity contribution in [2.45, 2.75) is 19.4 Å². The zero-order valence-corrected chi connectivity index (χ0v) is 14.4. The number of ether oxygens (including phenoxy) is 2. The number of aromatic nitrogens is 2. The maximum Gasteiger partial charge on any atom is 0.164 e. The minimum Gasteiger partial charge on any atom is -0.493 e. The van der Waals surface area contributed by atoms with E-state index in [1.165, 1.54) is 16.7 Å². The van der Waals surface area contributed by atoms with Gasteiger partial charge in [-0.25, -0.2) is 4.98 Å². The van der Waals surface area contributed by atoms with Crippen molar-refractivity contribution in [3.63, 3.8) is 0 Å². The maximum atomic E-state index is 5.99. The first-order valence-electron chi connectivity index (χ1n) is 8.64. The number of nitrogens with zero attached hydrogens (tertiary/aromatic N) is 2. The molecule has 128 valence electrons. The molecule has 0 radical (unpaired) electrons. The maximum absolute atomic E-state index is 5.99. The van der Waals surface area contributed by atoms with E-state index in [-0.39, 0.29) is 0 Å². The molecule has 0 aliphatic carbocycles. The van der Waals surface area contributed by atoms with E-state index in [4.69, 9.17) is 9.47 Å². The van der Waals surface area contributed by atoms with E-state index in [1.54, 1.807) is 7.11 Å². The van der Waals surface area contributed by atoms with Crippen molar-refractivity contribution in [3.8, 4) is 11.5 Å². The summed E-state index contributed by atoms with van der Waals surface area (Å²) in [4.78, 5) is 4.08. The highest BCUT2D eigenvalue weighted by atomic mass is 16.5. The third-order valence-electron chi connectivity index (χ3n) is 4.72. The quantitative estimate of drug-likeness (QED) is 0.713. The molecule has 0 fully saturated rings. The predicted molar refractivity (Wildman–Crippen MR) is 97.2 cm³/mol. The first-order chi connectivity index (χ1) is 12.3. The lowest BCUT2D eigenvalue weighted by atomic mass is 9.90. The summed E-state index contributed by atoms with van der Waals surface area (Å²) < 4.78 is 13.5. The van der Waals surface area contributed by atoms with Crippen molar-refractivity contribution >= 4 is 0 Å². The first-order valence-corrected chi connectivity index (χ1v) is 8.64. The van der Waals surface area contributed by atoms with Crippen LogP contribution in [-0.2, 0) is 19.4 Å². The molecule has 0 saturated heterocycles. The van der Waals surface area contributed by atoms with Gasteiger partial charge in [0.05, 0.1) is 20.0 Å². The smallest absolute Gasteiger partial charge is 0.164 e. The van der Waals surface area contributed by atoms with Crippen LogP contribution in [0.2, 0.25) is 0 Å². The average molecular weight is 334 g/mol. The molecular formula is C21H22N2O2. The molecule has 25 heavy (non-hydrogen) atoms. The highest BCUT2D eigenvalue weighted by Gasteiger charge is 2.22. The lowest BCUT2D eigenvalue weighted by Crippen LogP contribution is -2.23. The second kappa shape index (κ2) is 7.01. The Kier molecular flexibility index (Phi) is 4.42. The van der Waals surface area contributed by atoms with Crippen molar-refractivity contribution in [1.29, 1.82) is 0 Å². The second-order valence-electron chi connectivity index (χ2n) is 6.59. The summed E-state index contributed by atoms with van der Waals surface area (Å²) in [5.74, 6) is 2.25. The topological polar surface area (TPSA) is 36.3 Å². The Morgan fingerprint density at radius 3 is 2.76 bits per heavy atom. The van der Waals surface area contributed by atoms with E-state index in [2.05, 4.69) is 39.9 Å². The number of hydrogen-bond donors (Lipinski definition) is 0. The average Bonchev–Trinajstić information content (AvgIpc) is 3.15. The summed E-state index contributed by atoms with van der Waals surface area (Å²) in [6, 6.07) is 15.0. The van der Waals surface area contributed by atoms with Crippen LogP contribution in [0.3, 0.4) is 0 Å². The van der Waals surface area contributed by atoms with Crippen molar-refractivity contribution in [3.05, 3.63) is 77.9 Å². The summed E-state index contributed by atoms with van der Waals surface area (Å²) in [7, 11) is 1.69. The third kappa shape index (κ3) is 3.53. The molecular weight excluding hydrogens is 312 g/mol. The van der Waals surface area contributed by atoms with Crippen molar-refractivity contribution < 1.29 is 9.47 Å². The van der Waals surface area contributed by atoms with Gasteiger partial charge in [-0.1, -0.05) is 36.4 Å². The van der Waals surface area contributed by atoms with E-state index >= 15 is 0 Å². The van der Waals surface area contributed by atoms with Crippen LogP contribution in [0.25, 0.3) is 0 Å². The molecule has 0 amide bonds. The van der Waals surface area contributed by atoms with Gasteiger partial charge >= 0.3 is 0 Å². The molecule has 1 atom stereocenters. The van der Waals surface area contributed by atoms with E-state index in [9.17, 15) is 0 Å². The molecule has 0 N–H and O–H groups in total. The van der Waals surface area contributed by atoms with Crippen LogP contribution >= 0.6 is 0 Å². The Bertz CT molecular complexity index is 826. The molecule has 1 aromatic heterocycles. The van der Waals surface area contributed by atoms with Gasteiger partial charge in [0, 0.05) is 24.9 Å². The Morgan fingerprint density at radius 1 is 1.16 bits per heavy atom. The molecule has 2 aromatic carbocycles. The molecule has 0 bridgehead atoms. The second-order valence-corrected chi connectivity index (χ2v) is 6.59. The molecule has 3 aromatic rings. The Hall–Kier alpha value is -2.75. The molecule has 2 heterocycles. The summed E-state index contributed by atoms with van der Waals surface area (Å²) in [5.41, 5.74) is 3.89. The number of benzene rings is 2. The highest BCUT2D eigenvalue weighted by Crippen LogP contribution is 2.36. The Labute approximate surface area is 148 Å². The van der Waals surface area contributed by atoms with Gasteiger partial charge in [-0.2, -0.15) is 0 Å². The minimum atomic E-state index is 0.499. The minimum absolute atomic E-state index is 0.499. The van der Waals surface area contributed by atoms with Crippen LogP contribution in [-0.4, -0.2) is 23.3 Å². The van der Waals surface area contributed by atoms with Crippen LogP contribution in [0.4, 0.5) is 0 Å². The van der Waals surface area contributed by atoms with Crippen molar-refractivity contribution in [2.75, 3.05) is 13.7 Å². The largest absolute Gasteiger partial charge is 0.493 e. The van der Waals surface area contributed by atoms with E-state index in [0.717, 1.165) is 37.5 Å². The van der Waals surface area contributed by atoms with Gasteiger partial charge in [-0.15, -0.1) is 0 Å². The lowest BCUT2D eigenvalue weighted by Gasteiger charge is -2.26. The zero-order valence-electron chi connectivity index (χ0n) is 14.4. The van der Waals surface area contributed by atoms with E-state index in [0.29, 0.717) is 5.92 Å². The molecule has 0 unspecified atom stereocenters. The van der Waals surface area contributed by atoms with E-state index in [1.807, 2.05) is 30.9 Å². The molecule has 1 aliphatic rings. The predicted octanol–water partition coefficient (Wildman–Crippen LogP) is 3.73. The SMILES string of the molecule is COc1cccc2c1OC[C@H](Cc1ccc(Cn3ccnc3)cc1)C2. The summed E-state index contributed by atoms with van der Waals surface area (Å²) >= 11 is 0. The van der Waals surface area contributed by atoms with E-state index < -0.39 is 0 Å². The molecule has 4 rings (SSSR count). The fraction of sp³-hybridized carbons (Fsp3) is 0.286. The third-order valence-corrected chi connectivity index (χ3v) is 4.72. The van der Waals surface area contributed by atoms with Crippen molar-refractivity contribution in [2.24, 2.45) is 5.92 Å². The van der Waals surface area contributed by atoms with Crippen LogP contribution in [0.15, 0.2) is 61.2 Å². The fourth-order valence-electron chi connectivity index (χ4n) is 3.45. The van der Waals surface area contributed by atoms with Crippen LogP contribution in [0, 0.1) is 5.92 Å². The molecule has 4 heteroatoms. The van der Waals surface area contributed by atoms with Crippen LogP contribution in [0.1, 0.15) is 16.7 Å². The number of hydrogen-bond acceptors (Lipinski definition) is 3. The number of rotatable bonds is 5. The van der Waals surface area contributed by atoms with Crippen LogP contribution in [0.5, 0.6) is 11.5 Å². The normalized spacial score (nSPS) is 16.1. The van der Waals surface area contributed by atoms with Gasteiger partial charge in [0.15, 0.2) is 11.5 Å². The number of methoxy groups -OCH3 is 1. The van der Waals surface area contributed by atoms with Gasteiger partial charge in [-0.3, -0.25) is 0 Å². The summed E-state index contributed by atoms with van der Waals surface area (Å²) in [5, 5.41) is 0. The van der Waals surface area contributed by atoms with Gasteiger partial charge in [0.25, 0.3) is 0 Å². The van der Waals surface area contributed by atoms with Crippen LogP contribution < -0.4 is 9.47 Å². The lowest BCUT2D eigenvalue weighted by molar-refractivity contribution is 0.211. The molecule has 4 nitrogen and oxygen atoms in total. The van der Waals surface area contributed by atoms with Gasteiger partial charge in [0.1, 0.15) is 0 Å². The monoisotopic (exact) mass is 334 g/mol. The van der Waals surface area contributed by atoms with Crippen molar-refractivity contribution in [1.82, 2.24) is 9.55 Å². The highest BCUT2D eigenvalue weighted by molar-refractivity contribution is 5.47. The summed E-state index contributed by atoms with van der Waals surface area (Å²) in [6.45, 7) is 1.60. The molecule has 1 aliphatic heterocycles. The van der Waals surface area contributed by atoms with Gasteiger partial charge in [0.2, 0.25) is 0 Å². The number of para-hydroxylation sites is 1. The van der Waals surface area contributed by atoms with Gasteiger partial charge in [-0.05, 0) is 35.6 Å². The standard InChI is InChI=1S/C21H22N2O2/c1-24-20-4-2-3-19-12-18(14-25-21(19)20)11-16-5-7-17(8-6-16)13-23-10-9-22-15-23/h2-10,15,18H,11-14H2,1H3/t18-/m1/s1.